The van der Waals surface area contributed by atoms with Crippen LogP contribution in [0.4, 0.5) is 5.69 Å². The van der Waals surface area contributed by atoms with Gasteiger partial charge in [-0.25, -0.2) is 0 Å². The average Bonchev–Trinajstić information content (AvgIpc) is 2.38. The number of nitrogens with two attached hydrogens (primary N) is 1. The molecule has 0 amide bonds. The van der Waals surface area contributed by atoms with Gasteiger partial charge >= 0.3 is 0 Å². The van der Waals surface area contributed by atoms with Crippen LogP contribution < -0.4 is 10.6 Å². The minimum atomic E-state index is 0.160. The molecule has 1 aromatic rings. The third-order valence-corrected chi connectivity index (χ3v) is 3.95. The van der Waals surface area contributed by atoms with Gasteiger partial charge in [0.05, 0.1) is 0 Å². The molecule has 1 fully saturated rings. The van der Waals surface area contributed by atoms with Gasteiger partial charge in [-0.2, -0.15) is 0 Å². The monoisotopic (exact) mass is 245 g/mol. The highest BCUT2D eigenvalue weighted by Gasteiger charge is 2.20. The summed E-state index contributed by atoms with van der Waals surface area (Å²) in [6, 6.07) is 6.73. The van der Waals surface area contributed by atoms with Gasteiger partial charge in [0, 0.05) is 24.3 Å². The summed E-state index contributed by atoms with van der Waals surface area (Å²) in [6.07, 6.45) is 6.49. The second kappa shape index (κ2) is 5.42. The lowest BCUT2D eigenvalue weighted by atomic mass is 9.93. The van der Waals surface area contributed by atoms with Gasteiger partial charge in [0.2, 0.25) is 0 Å². The molecule has 0 saturated heterocycles. The summed E-state index contributed by atoms with van der Waals surface area (Å²) in [7, 11) is 2.14. The van der Waals surface area contributed by atoms with Crippen LogP contribution in [0.3, 0.4) is 0 Å². The Hall–Kier alpha value is -1.51. The summed E-state index contributed by atoms with van der Waals surface area (Å²) in [4.78, 5) is 2.32. The largest absolute Gasteiger partial charge is 0.384 e. The van der Waals surface area contributed by atoms with Crippen LogP contribution in [-0.4, -0.2) is 18.9 Å². The average molecular weight is 245 g/mol. The second-order valence-electron chi connectivity index (χ2n) is 5.34. The number of hydrogen-bond donors (Lipinski definition) is 2. The fourth-order valence-electron chi connectivity index (χ4n) is 2.83. The summed E-state index contributed by atoms with van der Waals surface area (Å²) >= 11 is 0. The normalized spacial score (nSPS) is 16.6. The van der Waals surface area contributed by atoms with Crippen LogP contribution >= 0.6 is 0 Å². The minimum absolute atomic E-state index is 0.160. The molecule has 1 aliphatic rings. The molecule has 2 rings (SSSR count). The molecule has 18 heavy (non-hydrogen) atoms. The molecule has 0 unspecified atom stereocenters. The highest BCUT2D eigenvalue weighted by atomic mass is 15.1. The van der Waals surface area contributed by atoms with Crippen molar-refractivity contribution in [2.75, 3.05) is 11.9 Å². The van der Waals surface area contributed by atoms with E-state index < -0.39 is 0 Å². The van der Waals surface area contributed by atoms with Crippen molar-refractivity contribution in [1.29, 1.82) is 5.41 Å². The Kier molecular flexibility index (Phi) is 3.90. The Balaban J connectivity index is 2.30. The van der Waals surface area contributed by atoms with Gasteiger partial charge in [0.25, 0.3) is 0 Å². The number of nitrogens with zero attached hydrogens (tertiary/aromatic N) is 1. The van der Waals surface area contributed by atoms with Crippen LogP contribution in [0, 0.1) is 12.3 Å². The van der Waals surface area contributed by atoms with E-state index in [2.05, 4.69) is 24.9 Å². The van der Waals surface area contributed by atoms with E-state index >= 15 is 0 Å². The number of nitrogens with one attached hydrogen (secondary N) is 1. The zero-order valence-electron chi connectivity index (χ0n) is 11.4. The molecule has 1 saturated carbocycles. The van der Waals surface area contributed by atoms with Crippen molar-refractivity contribution < 1.29 is 0 Å². The molecule has 3 heteroatoms. The van der Waals surface area contributed by atoms with Crippen molar-refractivity contribution in [2.45, 2.75) is 45.1 Å². The number of nitrogen functional groups attached to an aromatic ring is 1. The lowest BCUT2D eigenvalue weighted by Gasteiger charge is -2.34. The maximum atomic E-state index is 7.71. The number of anilines is 1. The van der Waals surface area contributed by atoms with Crippen molar-refractivity contribution >= 4 is 11.5 Å². The summed E-state index contributed by atoms with van der Waals surface area (Å²) in [5.74, 6) is 0.160. The number of benzene rings is 1. The Morgan fingerprint density at radius 1 is 1.28 bits per heavy atom. The molecule has 98 valence electrons. The molecule has 0 heterocycles. The molecule has 0 spiro atoms. The SMILES string of the molecule is Cc1ccc(C(=N)N)c(N(C)C2CCCCC2)c1. The van der Waals surface area contributed by atoms with Crippen molar-refractivity contribution in [3.05, 3.63) is 29.3 Å². The van der Waals surface area contributed by atoms with E-state index in [1.807, 2.05) is 12.1 Å². The number of amidine groups is 1. The molecular formula is C15H23N3. The van der Waals surface area contributed by atoms with Crippen molar-refractivity contribution in [1.82, 2.24) is 0 Å². The maximum absolute atomic E-state index is 7.71. The topological polar surface area (TPSA) is 53.1 Å². The fourth-order valence-corrected chi connectivity index (χ4v) is 2.83. The minimum Gasteiger partial charge on any atom is -0.384 e. The predicted octanol–water partition coefficient (Wildman–Crippen LogP) is 3.05. The Morgan fingerprint density at radius 2 is 1.94 bits per heavy atom. The highest BCUT2D eigenvalue weighted by Crippen LogP contribution is 2.29. The molecule has 0 aromatic heterocycles. The zero-order valence-corrected chi connectivity index (χ0v) is 11.4. The van der Waals surface area contributed by atoms with Gasteiger partial charge in [0.15, 0.2) is 0 Å². The molecule has 0 atom stereocenters. The highest BCUT2D eigenvalue weighted by molar-refractivity contribution is 6.00. The van der Waals surface area contributed by atoms with E-state index in [4.69, 9.17) is 11.1 Å². The third kappa shape index (κ3) is 2.66. The Labute approximate surface area is 109 Å². The van der Waals surface area contributed by atoms with Gasteiger partial charge in [-0.15, -0.1) is 0 Å². The van der Waals surface area contributed by atoms with E-state index in [0.29, 0.717) is 6.04 Å². The van der Waals surface area contributed by atoms with E-state index in [9.17, 15) is 0 Å². The third-order valence-electron chi connectivity index (χ3n) is 3.95. The van der Waals surface area contributed by atoms with E-state index in [1.54, 1.807) is 0 Å². The first kappa shape index (κ1) is 12.9. The molecule has 0 bridgehead atoms. The zero-order chi connectivity index (χ0) is 13.1. The molecule has 3 N–H and O–H groups in total. The second-order valence-corrected chi connectivity index (χ2v) is 5.34. The predicted molar refractivity (Wildman–Crippen MR) is 77.5 cm³/mol. The van der Waals surface area contributed by atoms with Crippen LogP contribution in [0.25, 0.3) is 0 Å². The van der Waals surface area contributed by atoms with Crippen molar-refractivity contribution in [3.63, 3.8) is 0 Å². The van der Waals surface area contributed by atoms with Crippen LogP contribution in [0.1, 0.15) is 43.2 Å². The van der Waals surface area contributed by atoms with Crippen molar-refractivity contribution in [2.24, 2.45) is 5.73 Å². The van der Waals surface area contributed by atoms with Gasteiger partial charge < -0.3 is 10.6 Å². The first-order chi connectivity index (χ1) is 8.59. The van der Waals surface area contributed by atoms with Crippen LogP contribution in [0.2, 0.25) is 0 Å². The maximum Gasteiger partial charge on any atom is 0.124 e. The van der Waals surface area contributed by atoms with E-state index in [1.165, 1.54) is 37.7 Å². The summed E-state index contributed by atoms with van der Waals surface area (Å²) < 4.78 is 0. The molecule has 0 aliphatic heterocycles. The first-order valence-electron chi connectivity index (χ1n) is 6.77. The van der Waals surface area contributed by atoms with E-state index in [-0.39, 0.29) is 5.84 Å². The Morgan fingerprint density at radius 3 is 2.56 bits per heavy atom. The van der Waals surface area contributed by atoms with Crippen LogP contribution in [0.15, 0.2) is 18.2 Å². The molecule has 0 radical (unpaired) electrons. The molecule has 3 nitrogen and oxygen atoms in total. The van der Waals surface area contributed by atoms with E-state index in [0.717, 1.165) is 11.3 Å². The summed E-state index contributed by atoms with van der Waals surface area (Å²) in [5.41, 5.74) is 8.87. The van der Waals surface area contributed by atoms with Gasteiger partial charge in [-0.1, -0.05) is 25.3 Å². The van der Waals surface area contributed by atoms with Gasteiger partial charge in [0.1, 0.15) is 5.84 Å². The summed E-state index contributed by atoms with van der Waals surface area (Å²) in [5, 5.41) is 7.71. The number of hydrogen-bond acceptors (Lipinski definition) is 2. The van der Waals surface area contributed by atoms with Crippen molar-refractivity contribution in [3.8, 4) is 0 Å². The lowest BCUT2D eigenvalue weighted by Crippen LogP contribution is -2.34. The Bertz CT molecular complexity index is 433. The van der Waals surface area contributed by atoms with Gasteiger partial charge in [-0.05, 0) is 37.5 Å². The number of rotatable bonds is 3. The standard InChI is InChI=1S/C15H23N3/c1-11-8-9-13(15(16)17)14(10-11)18(2)12-6-4-3-5-7-12/h8-10,12H,3-7H2,1-2H3,(H3,16,17). The molecule has 1 aliphatic carbocycles. The lowest BCUT2D eigenvalue weighted by molar-refractivity contribution is 0.427. The molecule has 1 aromatic carbocycles. The van der Waals surface area contributed by atoms with Crippen LogP contribution in [-0.2, 0) is 0 Å². The first-order valence-corrected chi connectivity index (χ1v) is 6.77. The summed E-state index contributed by atoms with van der Waals surface area (Å²) in [6.45, 7) is 2.09. The molecular weight excluding hydrogens is 222 g/mol. The van der Waals surface area contributed by atoms with Gasteiger partial charge in [-0.3, -0.25) is 5.41 Å². The van der Waals surface area contributed by atoms with Crippen LogP contribution in [0.5, 0.6) is 0 Å². The fraction of sp³-hybridized carbons (Fsp3) is 0.533. The quantitative estimate of drug-likeness (QED) is 0.635. The smallest absolute Gasteiger partial charge is 0.124 e. The number of aryl methyl sites for hydroxylation is 1.